The Morgan fingerprint density at radius 3 is 2.04 bits per heavy atom. The lowest BCUT2D eigenvalue weighted by Gasteiger charge is -2.29. The molecule has 0 radical (unpaired) electrons. The van der Waals surface area contributed by atoms with Crippen molar-refractivity contribution in [3.63, 3.8) is 0 Å². The fraction of sp³-hybridized carbons (Fsp3) is 0.650. The van der Waals surface area contributed by atoms with Gasteiger partial charge in [-0.05, 0) is 70.3 Å². The van der Waals surface area contributed by atoms with E-state index in [2.05, 4.69) is 44.3 Å². The maximum atomic E-state index is 12.8. The van der Waals surface area contributed by atoms with Gasteiger partial charge >= 0.3 is 5.97 Å². The Morgan fingerprint density at radius 1 is 0.964 bits per heavy atom. The number of carbonyl (C=O) groups excluding carboxylic acids is 1. The number of hydrogen-bond acceptors (Lipinski definition) is 5. The van der Waals surface area contributed by atoms with Gasteiger partial charge in [-0.15, -0.1) is 0 Å². The van der Waals surface area contributed by atoms with Crippen molar-refractivity contribution in [1.82, 2.24) is 4.98 Å². The van der Waals surface area contributed by atoms with Gasteiger partial charge in [-0.1, -0.05) is 25.7 Å². The molecule has 1 atom stereocenters. The van der Waals surface area contributed by atoms with Gasteiger partial charge in [0.25, 0.3) is 0 Å². The zero-order valence-electron chi connectivity index (χ0n) is 19.4. The van der Waals surface area contributed by atoms with E-state index < -0.39 is 24.9 Å². The maximum Gasteiger partial charge on any atom is 0.309 e. The Kier molecular flexibility index (Phi) is 8.55. The molecule has 0 heterocycles. The van der Waals surface area contributed by atoms with E-state index in [1.54, 1.807) is 0 Å². The van der Waals surface area contributed by atoms with E-state index in [1.807, 2.05) is 44.8 Å². The monoisotopic (exact) mass is 441 g/mol. The van der Waals surface area contributed by atoms with Crippen molar-refractivity contribution >= 4 is 30.8 Å². The largest absolute Gasteiger partial charge is 0.542 e. The van der Waals surface area contributed by atoms with E-state index in [0.717, 1.165) is 17.1 Å². The number of ether oxygens (including phenoxy) is 1. The molecular weight excluding hydrogens is 402 g/mol. The summed E-state index contributed by atoms with van der Waals surface area (Å²) in [5, 5.41) is 0. The third-order valence-corrected chi connectivity index (χ3v) is 6.32. The van der Waals surface area contributed by atoms with Crippen LogP contribution in [0.4, 0.5) is 0 Å². The molecule has 1 aromatic carbocycles. The molecular formula is C20H39NO4Si3. The molecule has 0 fully saturated rings. The summed E-state index contributed by atoms with van der Waals surface area (Å²) in [7, 11) is -5.36. The molecule has 0 spiro atoms. The fourth-order valence-corrected chi connectivity index (χ4v) is 5.53. The second kappa shape index (κ2) is 9.60. The maximum absolute atomic E-state index is 12.8. The van der Waals surface area contributed by atoms with Crippen molar-refractivity contribution in [2.75, 3.05) is 6.61 Å². The van der Waals surface area contributed by atoms with Crippen LogP contribution in [0.25, 0.3) is 0 Å². The van der Waals surface area contributed by atoms with Crippen LogP contribution in [0.3, 0.4) is 0 Å². The number of benzene rings is 1. The second-order valence-corrected chi connectivity index (χ2v) is 23.8. The first-order valence-electron chi connectivity index (χ1n) is 10.0. The van der Waals surface area contributed by atoms with Crippen molar-refractivity contribution in [3.05, 3.63) is 23.8 Å². The van der Waals surface area contributed by atoms with Crippen molar-refractivity contribution in [1.29, 1.82) is 0 Å². The Balaban J connectivity index is 3.12. The van der Waals surface area contributed by atoms with Gasteiger partial charge in [0.1, 0.15) is 20.0 Å². The molecule has 1 aromatic rings. The van der Waals surface area contributed by atoms with Crippen molar-refractivity contribution in [2.45, 2.75) is 78.3 Å². The Bertz CT molecular complexity index is 661. The molecule has 160 valence electrons. The molecule has 1 rings (SSSR count). The number of rotatable bonds is 10. The SMILES string of the molecule is CCOc1cc(CC(N[Si](C)(C)C)C(=O)O[Si](C)(C)C)ccc1O[Si](C)(C)C. The normalized spacial score (nSPS) is 13.8. The minimum Gasteiger partial charge on any atom is -0.542 e. The number of carbonyl (C=O) groups is 1. The van der Waals surface area contributed by atoms with Crippen molar-refractivity contribution in [3.8, 4) is 11.5 Å². The Hall–Kier alpha value is -1.10. The van der Waals surface area contributed by atoms with Crippen LogP contribution in [-0.2, 0) is 15.6 Å². The molecule has 0 aliphatic carbocycles. The lowest BCUT2D eigenvalue weighted by molar-refractivity contribution is -0.137. The summed E-state index contributed by atoms with van der Waals surface area (Å²) < 4.78 is 17.8. The summed E-state index contributed by atoms with van der Waals surface area (Å²) >= 11 is 0. The van der Waals surface area contributed by atoms with E-state index in [1.165, 1.54) is 0 Å². The molecule has 1 N–H and O–H groups in total. The molecule has 0 saturated carbocycles. The van der Waals surface area contributed by atoms with Gasteiger partial charge in [0.05, 0.1) is 6.61 Å². The quantitative estimate of drug-likeness (QED) is 0.517. The van der Waals surface area contributed by atoms with Gasteiger partial charge in [-0.2, -0.15) is 0 Å². The van der Waals surface area contributed by atoms with Crippen LogP contribution in [0.1, 0.15) is 12.5 Å². The van der Waals surface area contributed by atoms with E-state index in [4.69, 9.17) is 13.6 Å². The molecule has 0 aromatic heterocycles. The summed E-state index contributed by atoms with van der Waals surface area (Å²) in [6.07, 6.45) is 0.570. The average molecular weight is 442 g/mol. The van der Waals surface area contributed by atoms with Gasteiger partial charge in [-0.25, -0.2) is 0 Å². The highest BCUT2D eigenvalue weighted by atomic mass is 28.4. The average Bonchev–Trinajstić information content (AvgIpc) is 2.45. The van der Waals surface area contributed by atoms with E-state index in [9.17, 15) is 4.79 Å². The topological polar surface area (TPSA) is 56.8 Å². The van der Waals surface area contributed by atoms with E-state index >= 15 is 0 Å². The molecule has 28 heavy (non-hydrogen) atoms. The van der Waals surface area contributed by atoms with Crippen molar-refractivity contribution in [2.24, 2.45) is 0 Å². The molecule has 5 nitrogen and oxygen atoms in total. The fourth-order valence-electron chi connectivity index (χ4n) is 2.69. The molecule has 0 saturated heterocycles. The van der Waals surface area contributed by atoms with E-state index in [0.29, 0.717) is 13.0 Å². The highest BCUT2D eigenvalue weighted by Crippen LogP contribution is 2.31. The van der Waals surface area contributed by atoms with Gasteiger partial charge < -0.3 is 18.6 Å². The predicted molar refractivity (Wildman–Crippen MR) is 125 cm³/mol. The summed E-state index contributed by atoms with van der Waals surface area (Å²) in [5.41, 5.74) is 1.04. The molecule has 1 unspecified atom stereocenters. The lowest BCUT2D eigenvalue weighted by atomic mass is 10.1. The Morgan fingerprint density at radius 2 is 1.57 bits per heavy atom. The predicted octanol–water partition coefficient (Wildman–Crippen LogP) is 5.01. The zero-order chi connectivity index (χ0) is 21.8. The Labute approximate surface area is 174 Å². The zero-order valence-corrected chi connectivity index (χ0v) is 22.4. The third kappa shape index (κ3) is 9.90. The third-order valence-electron chi connectivity index (χ3n) is 3.46. The minimum atomic E-state index is -1.95. The van der Waals surface area contributed by atoms with Gasteiger partial charge in [0.2, 0.25) is 16.6 Å². The first-order chi connectivity index (χ1) is 12.6. The van der Waals surface area contributed by atoms with Crippen LogP contribution in [-0.4, -0.2) is 43.5 Å². The first-order valence-corrected chi connectivity index (χ1v) is 20.4. The second-order valence-electron chi connectivity index (χ2n) is 10.1. The van der Waals surface area contributed by atoms with Crippen LogP contribution >= 0.6 is 0 Å². The molecule has 8 heteroatoms. The highest BCUT2D eigenvalue weighted by molar-refractivity contribution is 6.74. The minimum absolute atomic E-state index is 0.151. The molecule has 0 aliphatic heterocycles. The summed E-state index contributed by atoms with van der Waals surface area (Å²) in [6.45, 7) is 21.7. The van der Waals surface area contributed by atoms with Crippen LogP contribution in [0, 0.1) is 0 Å². The molecule has 0 aliphatic rings. The summed E-state index contributed by atoms with van der Waals surface area (Å²) in [6, 6.07) is 5.64. The first kappa shape index (κ1) is 24.9. The van der Waals surface area contributed by atoms with Gasteiger partial charge in [0, 0.05) is 0 Å². The standard InChI is InChI=1S/C20H39NO4Si3/c1-11-23-19-15-16(12-13-18(19)24-27(5,6)7)14-17(21-26(2,3)4)20(22)25-28(8,9)10/h12-13,15,17,21H,11,14H2,1-10H3. The van der Waals surface area contributed by atoms with Crippen molar-refractivity contribution < 1.29 is 18.4 Å². The van der Waals surface area contributed by atoms with Crippen LogP contribution in [0.5, 0.6) is 11.5 Å². The highest BCUT2D eigenvalue weighted by Gasteiger charge is 2.30. The van der Waals surface area contributed by atoms with Crippen LogP contribution in [0.15, 0.2) is 18.2 Å². The number of nitrogens with one attached hydrogen (secondary N) is 1. The number of hydrogen-bond donors (Lipinski definition) is 1. The van der Waals surface area contributed by atoms with Crippen LogP contribution < -0.4 is 14.1 Å². The van der Waals surface area contributed by atoms with E-state index in [-0.39, 0.29) is 12.0 Å². The smallest absolute Gasteiger partial charge is 0.309 e. The summed E-state index contributed by atoms with van der Waals surface area (Å²) in [4.78, 5) is 16.4. The summed E-state index contributed by atoms with van der Waals surface area (Å²) in [5.74, 6) is 1.37. The van der Waals surface area contributed by atoms with Gasteiger partial charge in [-0.3, -0.25) is 4.79 Å². The van der Waals surface area contributed by atoms with Crippen LogP contribution in [0.2, 0.25) is 58.9 Å². The molecule has 0 bridgehead atoms. The van der Waals surface area contributed by atoms with Gasteiger partial charge in [0.15, 0.2) is 5.75 Å². The molecule has 0 amide bonds. The lowest BCUT2D eigenvalue weighted by Crippen LogP contribution is -2.54.